The van der Waals surface area contributed by atoms with Gasteiger partial charge in [-0.3, -0.25) is 9.78 Å². The Morgan fingerprint density at radius 2 is 2.29 bits per heavy atom. The molecule has 0 radical (unpaired) electrons. The van der Waals surface area contributed by atoms with Gasteiger partial charge in [-0.25, -0.2) is 0 Å². The zero-order valence-electron chi connectivity index (χ0n) is 12.0. The van der Waals surface area contributed by atoms with E-state index in [4.69, 9.17) is 5.73 Å². The van der Waals surface area contributed by atoms with E-state index in [2.05, 4.69) is 22.5 Å². The molecule has 4 heteroatoms. The number of fused-ring (bicyclic) bond motifs is 2. The fraction of sp³-hybridized carbons (Fsp3) is 0.412. The van der Waals surface area contributed by atoms with Crippen molar-refractivity contribution in [3.05, 3.63) is 53.0 Å². The fourth-order valence-corrected chi connectivity index (χ4v) is 3.45. The van der Waals surface area contributed by atoms with Crippen molar-refractivity contribution in [2.45, 2.75) is 31.7 Å². The summed E-state index contributed by atoms with van der Waals surface area (Å²) in [5.74, 6) is 0.683. The smallest absolute Gasteiger partial charge is 0.226 e. The van der Waals surface area contributed by atoms with Crippen LogP contribution in [0, 0.1) is 11.8 Å². The van der Waals surface area contributed by atoms with Crippen molar-refractivity contribution in [2.75, 3.05) is 0 Å². The average Bonchev–Trinajstić information content (AvgIpc) is 3.11. The van der Waals surface area contributed by atoms with Gasteiger partial charge in [0.2, 0.25) is 5.91 Å². The van der Waals surface area contributed by atoms with Crippen molar-refractivity contribution in [3.8, 4) is 0 Å². The molecule has 1 fully saturated rings. The number of allylic oxidation sites excluding steroid dienone is 4. The maximum atomic E-state index is 11.3. The molecule has 108 valence electrons. The molecule has 1 aromatic rings. The predicted octanol–water partition coefficient (Wildman–Crippen LogP) is 2.16. The first kappa shape index (κ1) is 12.6. The summed E-state index contributed by atoms with van der Waals surface area (Å²) in [7, 11) is 0. The Kier molecular flexibility index (Phi) is 2.67. The summed E-state index contributed by atoms with van der Waals surface area (Å²) < 4.78 is 0. The van der Waals surface area contributed by atoms with E-state index in [1.54, 1.807) is 6.92 Å². The van der Waals surface area contributed by atoms with Crippen LogP contribution in [-0.2, 0) is 4.79 Å². The van der Waals surface area contributed by atoms with Crippen LogP contribution in [0.5, 0.6) is 0 Å². The number of nitrogens with one attached hydrogen (secondary N) is 1. The number of aromatic nitrogens is 1. The van der Waals surface area contributed by atoms with E-state index in [0.717, 1.165) is 23.7 Å². The quantitative estimate of drug-likeness (QED) is 0.892. The first-order chi connectivity index (χ1) is 10.1. The summed E-state index contributed by atoms with van der Waals surface area (Å²) in [5.41, 5.74) is 9.99. The van der Waals surface area contributed by atoms with E-state index in [9.17, 15) is 4.79 Å². The molecule has 3 N–H and O–H groups in total. The number of primary amides is 1. The second-order valence-corrected chi connectivity index (χ2v) is 6.35. The monoisotopic (exact) mass is 281 g/mol. The molecule has 1 saturated heterocycles. The zero-order valence-corrected chi connectivity index (χ0v) is 12.0. The van der Waals surface area contributed by atoms with E-state index >= 15 is 0 Å². The second kappa shape index (κ2) is 4.45. The zero-order chi connectivity index (χ0) is 14.6. The molecule has 3 aliphatic rings. The predicted molar refractivity (Wildman–Crippen MR) is 80.1 cm³/mol. The summed E-state index contributed by atoms with van der Waals surface area (Å²) in [6.45, 7) is 1.80. The highest BCUT2D eigenvalue weighted by Gasteiger charge is 2.39. The molecule has 0 spiro atoms. The van der Waals surface area contributed by atoms with Crippen LogP contribution in [0.2, 0.25) is 0 Å². The highest BCUT2D eigenvalue weighted by Crippen LogP contribution is 2.48. The molecule has 4 atom stereocenters. The number of pyridine rings is 1. The third kappa shape index (κ3) is 2.15. The summed E-state index contributed by atoms with van der Waals surface area (Å²) in [6.07, 6.45) is 6.97. The molecule has 4 rings (SSSR count). The van der Waals surface area contributed by atoms with E-state index < -0.39 is 0 Å². The molecule has 1 amide bonds. The molecule has 21 heavy (non-hydrogen) atoms. The number of carbonyl (C=O) groups excluding carboxylic acids is 1. The molecule has 0 bridgehead atoms. The maximum absolute atomic E-state index is 11.3. The van der Waals surface area contributed by atoms with Gasteiger partial charge >= 0.3 is 0 Å². The van der Waals surface area contributed by atoms with Crippen LogP contribution in [0.4, 0.5) is 0 Å². The summed E-state index contributed by atoms with van der Waals surface area (Å²) in [6, 6.07) is 6.13. The molecule has 4 unspecified atom stereocenters. The van der Waals surface area contributed by atoms with Crippen LogP contribution in [-0.4, -0.2) is 10.9 Å². The minimum atomic E-state index is -0.342. The Morgan fingerprint density at radius 1 is 1.43 bits per heavy atom. The van der Waals surface area contributed by atoms with Gasteiger partial charge < -0.3 is 11.1 Å². The minimum absolute atomic E-state index is 0.249. The molecule has 2 heterocycles. The number of amides is 1. The first-order valence-corrected chi connectivity index (χ1v) is 7.58. The number of hydrogen-bond acceptors (Lipinski definition) is 3. The number of carbonyl (C=O) groups is 1. The standard InChI is InChI=1S/C17H19N3O/c1-9(17(18)21)13-3-2-4-14(19-13)16-8-12-6-10-5-11(10)7-15(12)20-16/h2-5,7,9-10,12,16,20H,6,8H2,1H3,(H2,18,21). The fourth-order valence-electron chi connectivity index (χ4n) is 3.45. The second-order valence-electron chi connectivity index (χ2n) is 6.35. The van der Waals surface area contributed by atoms with Crippen LogP contribution in [0.1, 0.15) is 43.1 Å². The Bertz CT molecular complexity index is 676. The molecule has 1 aromatic heterocycles. The topological polar surface area (TPSA) is 68.0 Å². The van der Waals surface area contributed by atoms with Gasteiger partial charge in [0, 0.05) is 17.5 Å². The molecular formula is C17H19N3O. The molecule has 0 aromatic carbocycles. The van der Waals surface area contributed by atoms with Crippen LogP contribution >= 0.6 is 0 Å². The minimum Gasteiger partial charge on any atom is -0.380 e. The van der Waals surface area contributed by atoms with Crippen LogP contribution < -0.4 is 11.1 Å². The van der Waals surface area contributed by atoms with Crippen molar-refractivity contribution in [1.82, 2.24) is 10.3 Å². The SMILES string of the molecule is CC(C(N)=O)c1cccc(C2CC3CC4C=C4C=C3N2)n1. The van der Waals surface area contributed by atoms with Crippen molar-refractivity contribution >= 4 is 5.91 Å². The maximum Gasteiger partial charge on any atom is 0.226 e. The van der Waals surface area contributed by atoms with Gasteiger partial charge in [0.15, 0.2) is 0 Å². The van der Waals surface area contributed by atoms with Gasteiger partial charge in [0.25, 0.3) is 0 Å². The third-order valence-corrected chi connectivity index (χ3v) is 4.89. The van der Waals surface area contributed by atoms with Gasteiger partial charge in [-0.2, -0.15) is 0 Å². The molecule has 0 saturated carbocycles. The van der Waals surface area contributed by atoms with E-state index in [1.165, 1.54) is 17.7 Å². The Hall–Kier alpha value is -2.10. The van der Waals surface area contributed by atoms with Crippen molar-refractivity contribution in [3.63, 3.8) is 0 Å². The van der Waals surface area contributed by atoms with Gasteiger partial charge in [0.1, 0.15) is 0 Å². The summed E-state index contributed by atoms with van der Waals surface area (Å²) in [5, 5.41) is 3.60. The van der Waals surface area contributed by atoms with Crippen LogP contribution in [0.25, 0.3) is 0 Å². The lowest BCUT2D eigenvalue weighted by Crippen LogP contribution is -2.21. The highest BCUT2D eigenvalue weighted by atomic mass is 16.1. The van der Waals surface area contributed by atoms with Gasteiger partial charge in [-0.05, 0) is 43.5 Å². The molecule has 4 nitrogen and oxygen atoms in total. The van der Waals surface area contributed by atoms with Crippen molar-refractivity contribution < 1.29 is 4.79 Å². The Balaban J connectivity index is 1.57. The first-order valence-electron chi connectivity index (χ1n) is 7.58. The normalized spacial score (nSPS) is 30.4. The molecule has 2 aliphatic carbocycles. The van der Waals surface area contributed by atoms with Crippen molar-refractivity contribution in [2.24, 2.45) is 17.6 Å². The summed E-state index contributed by atoms with van der Waals surface area (Å²) >= 11 is 0. The Morgan fingerprint density at radius 3 is 3.10 bits per heavy atom. The Labute approximate surface area is 124 Å². The largest absolute Gasteiger partial charge is 0.380 e. The van der Waals surface area contributed by atoms with Crippen LogP contribution in [0.3, 0.4) is 0 Å². The lowest BCUT2D eigenvalue weighted by Gasteiger charge is -2.15. The van der Waals surface area contributed by atoms with Gasteiger partial charge in [-0.1, -0.05) is 12.1 Å². The average molecular weight is 281 g/mol. The van der Waals surface area contributed by atoms with E-state index in [1.807, 2.05) is 18.2 Å². The van der Waals surface area contributed by atoms with Crippen LogP contribution in [0.15, 0.2) is 41.6 Å². The third-order valence-electron chi connectivity index (χ3n) is 4.89. The number of hydrogen-bond donors (Lipinski definition) is 2. The van der Waals surface area contributed by atoms with E-state index in [-0.39, 0.29) is 17.9 Å². The highest BCUT2D eigenvalue weighted by molar-refractivity contribution is 5.80. The lowest BCUT2D eigenvalue weighted by atomic mass is 9.90. The van der Waals surface area contributed by atoms with E-state index in [0.29, 0.717) is 5.92 Å². The molecular weight excluding hydrogens is 262 g/mol. The van der Waals surface area contributed by atoms with Gasteiger partial charge in [0.05, 0.1) is 23.3 Å². The van der Waals surface area contributed by atoms with Gasteiger partial charge in [-0.15, -0.1) is 0 Å². The van der Waals surface area contributed by atoms with Crippen molar-refractivity contribution in [1.29, 1.82) is 0 Å². The summed E-state index contributed by atoms with van der Waals surface area (Å²) in [4.78, 5) is 16.0. The number of nitrogens with two attached hydrogens (primary N) is 1. The number of nitrogens with zero attached hydrogens (tertiary/aromatic N) is 1. The number of rotatable bonds is 3. The molecule has 1 aliphatic heterocycles. The lowest BCUT2D eigenvalue weighted by molar-refractivity contribution is -0.119.